The van der Waals surface area contributed by atoms with E-state index in [1.54, 1.807) is 24.3 Å². The first-order valence-corrected chi connectivity index (χ1v) is 5.42. The van der Waals surface area contributed by atoms with Crippen LogP contribution in [-0.4, -0.2) is 17.5 Å². The molecule has 2 heterocycles. The van der Waals surface area contributed by atoms with Crippen LogP contribution in [0.25, 0.3) is 11.3 Å². The topological polar surface area (TPSA) is 51.2 Å². The van der Waals surface area contributed by atoms with Gasteiger partial charge in [-0.25, -0.2) is 9.37 Å². The van der Waals surface area contributed by atoms with Gasteiger partial charge in [0.15, 0.2) is 18.2 Å². The van der Waals surface area contributed by atoms with E-state index in [4.69, 9.17) is 4.74 Å². The van der Waals surface area contributed by atoms with Crippen LogP contribution in [0.15, 0.2) is 36.4 Å². The third-order valence-electron chi connectivity index (χ3n) is 2.61. The van der Waals surface area contributed by atoms with Gasteiger partial charge in [0.1, 0.15) is 5.82 Å². The van der Waals surface area contributed by atoms with Crippen LogP contribution in [0.2, 0.25) is 0 Å². The highest BCUT2D eigenvalue weighted by Gasteiger charge is 2.17. The summed E-state index contributed by atoms with van der Waals surface area (Å²) >= 11 is 0. The zero-order valence-electron chi connectivity index (χ0n) is 9.31. The minimum Gasteiger partial charge on any atom is -0.480 e. The van der Waals surface area contributed by atoms with Gasteiger partial charge in [-0.2, -0.15) is 0 Å². The van der Waals surface area contributed by atoms with Gasteiger partial charge in [-0.05, 0) is 36.4 Å². The molecule has 3 rings (SSSR count). The van der Waals surface area contributed by atoms with Crippen molar-refractivity contribution in [2.45, 2.75) is 0 Å². The molecule has 0 spiro atoms. The minimum absolute atomic E-state index is 0.00454. The summed E-state index contributed by atoms with van der Waals surface area (Å²) < 4.78 is 18.0. The van der Waals surface area contributed by atoms with Crippen molar-refractivity contribution in [2.24, 2.45) is 0 Å². The zero-order chi connectivity index (χ0) is 12.5. The van der Waals surface area contributed by atoms with Crippen molar-refractivity contribution in [3.8, 4) is 17.0 Å². The average Bonchev–Trinajstić information content (AvgIpc) is 2.38. The Hall–Kier alpha value is -2.43. The number of rotatable bonds is 1. The van der Waals surface area contributed by atoms with Gasteiger partial charge in [0.2, 0.25) is 0 Å². The first-order chi connectivity index (χ1) is 8.72. The Morgan fingerprint density at radius 3 is 2.72 bits per heavy atom. The molecule has 0 aliphatic carbocycles. The lowest BCUT2D eigenvalue weighted by Gasteiger charge is -2.17. The maximum absolute atomic E-state index is 12.8. The number of fused-ring (bicyclic) bond motifs is 1. The molecule has 0 atom stereocenters. The number of nitrogens with zero attached hydrogens (tertiary/aromatic N) is 1. The van der Waals surface area contributed by atoms with Crippen molar-refractivity contribution in [1.29, 1.82) is 0 Å². The van der Waals surface area contributed by atoms with Crippen LogP contribution in [0.4, 0.5) is 10.2 Å². The average molecular weight is 244 g/mol. The van der Waals surface area contributed by atoms with E-state index in [0.29, 0.717) is 17.3 Å². The Labute approximate surface area is 102 Å². The minimum atomic E-state index is -0.298. The lowest BCUT2D eigenvalue weighted by molar-refractivity contribution is -0.118. The number of carbonyl (C=O) groups excluding carboxylic acids is 1. The molecule has 0 unspecified atom stereocenters. The van der Waals surface area contributed by atoms with E-state index in [9.17, 15) is 9.18 Å². The molecule has 0 bridgehead atoms. The normalized spacial score (nSPS) is 13.5. The van der Waals surface area contributed by atoms with Gasteiger partial charge in [-0.1, -0.05) is 0 Å². The van der Waals surface area contributed by atoms with Gasteiger partial charge < -0.3 is 10.1 Å². The van der Waals surface area contributed by atoms with Crippen LogP contribution < -0.4 is 10.1 Å². The molecule has 1 aromatic heterocycles. The molecule has 1 amide bonds. The molecule has 0 radical (unpaired) electrons. The molecule has 2 aromatic rings. The second-order valence-corrected chi connectivity index (χ2v) is 3.89. The first-order valence-electron chi connectivity index (χ1n) is 5.42. The van der Waals surface area contributed by atoms with Gasteiger partial charge >= 0.3 is 0 Å². The summed E-state index contributed by atoms with van der Waals surface area (Å²) in [5.41, 5.74) is 1.43. The van der Waals surface area contributed by atoms with Gasteiger partial charge in [0.05, 0.1) is 5.69 Å². The van der Waals surface area contributed by atoms with Crippen LogP contribution >= 0.6 is 0 Å². The standard InChI is InChI=1S/C13H9FN2O2/c14-9-3-1-8(2-4-9)10-5-6-11-13(15-10)16-12(17)7-18-11/h1-6H,7H2,(H,15,16,17). The predicted molar refractivity (Wildman–Crippen MR) is 63.8 cm³/mol. The number of pyridine rings is 1. The van der Waals surface area contributed by atoms with Gasteiger partial charge in [0, 0.05) is 5.56 Å². The SMILES string of the molecule is O=C1COc2ccc(-c3ccc(F)cc3)nc2N1. The molecule has 5 heteroatoms. The zero-order valence-corrected chi connectivity index (χ0v) is 9.31. The van der Waals surface area contributed by atoms with E-state index in [1.807, 2.05) is 0 Å². The Kier molecular flexibility index (Phi) is 2.44. The monoisotopic (exact) mass is 244 g/mol. The van der Waals surface area contributed by atoms with E-state index in [2.05, 4.69) is 10.3 Å². The van der Waals surface area contributed by atoms with Crippen LogP contribution in [0.1, 0.15) is 0 Å². The molecular formula is C13H9FN2O2. The molecule has 1 aliphatic heterocycles. The molecule has 18 heavy (non-hydrogen) atoms. The Balaban J connectivity index is 2.01. The van der Waals surface area contributed by atoms with Crippen molar-refractivity contribution >= 4 is 11.7 Å². The van der Waals surface area contributed by atoms with Gasteiger partial charge in [-0.15, -0.1) is 0 Å². The molecule has 0 saturated carbocycles. The smallest absolute Gasteiger partial charge is 0.263 e. The fourth-order valence-corrected chi connectivity index (χ4v) is 1.75. The molecule has 0 fully saturated rings. The summed E-state index contributed by atoms with van der Waals surface area (Å²) in [6.07, 6.45) is 0. The van der Waals surface area contributed by atoms with Crippen LogP contribution in [-0.2, 0) is 4.79 Å². The third kappa shape index (κ3) is 1.90. The number of carbonyl (C=O) groups is 1. The lowest BCUT2D eigenvalue weighted by atomic mass is 10.1. The van der Waals surface area contributed by atoms with E-state index in [1.165, 1.54) is 12.1 Å². The fraction of sp³-hybridized carbons (Fsp3) is 0.0769. The predicted octanol–water partition coefficient (Wildman–Crippen LogP) is 2.22. The molecule has 1 aromatic carbocycles. The third-order valence-corrected chi connectivity index (χ3v) is 2.61. The highest BCUT2D eigenvalue weighted by molar-refractivity contribution is 5.94. The molecule has 90 valence electrons. The molecule has 4 nitrogen and oxygen atoms in total. The number of benzene rings is 1. The fourth-order valence-electron chi connectivity index (χ4n) is 1.75. The summed E-state index contributed by atoms with van der Waals surface area (Å²) in [6, 6.07) is 9.51. The summed E-state index contributed by atoms with van der Waals surface area (Å²) in [6.45, 7) is 0.00454. The molecule has 1 aliphatic rings. The van der Waals surface area contributed by atoms with Crippen molar-refractivity contribution < 1.29 is 13.9 Å². The van der Waals surface area contributed by atoms with E-state index < -0.39 is 0 Å². The summed E-state index contributed by atoms with van der Waals surface area (Å²) in [4.78, 5) is 15.5. The number of hydrogen-bond acceptors (Lipinski definition) is 3. The number of ether oxygens (including phenoxy) is 1. The number of halogens is 1. The Morgan fingerprint density at radius 2 is 1.94 bits per heavy atom. The van der Waals surface area contributed by atoms with Gasteiger partial charge in [-0.3, -0.25) is 4.79 Å². The van der Waals surface area contributed by atoms with E-state index >= 15 is 0 Å². The molecule has 1 N–H and O–H groups in total. The number of aromatic nitrogens is 1. The maximum Gasteiger partial charge on any atom is 0.263 e. The summed E-state index contributed by atoms with van der Waals surface area (Å²) in [5.74, 6) is 0.410. The lowest BCUT2D eigenvalue weighted by Crippen LogP contribution is -2.26. The maximum atomic E-state index is 12.8. The highest BCUT2D eigenvalue weighted by atomic mass is 19.1. The molecular weight excluding hydrogens is 235 g/mol. The number of hydrogen-bond donors (Lipinski definition) is 1. The first kappa shape index (κ1) is 10.7. The summed E-state index contributed by atoms with van der Waals surface area (Å²) in [7, 11) is 0. The van der Waals surface area contributed by atoms with Crippen molar-refractivity contribution in [2.75, 3.05) is 11.9 Å². The Morgan fingerprint density at radius 1 is 1.17 bits per heavy atom. The second-order valence-electron chi connectivity index (χ2n) is 3.89. The van der Waals surface area contributed by atoms with Crippen LogP contribution in [0.3, 0.4) is 0 Å². The largest absolute Gasteiger partial charge is 0.480 e. The van der Waals surface area contributed by atoms with E-state index in [-0.39, 0.29) is 18.3 Å². The van der Waals surface area contributed by atoms with Crippen LogP contribution in [0, 0.1) is 5.82 Å². The summed E-state index contributed by atoms with van der Waals surface area (Å²) in [5, 5.41) is 2.63. The van der Waals surface area contributed by atoms with Crippen LogP contribution in [0.5, 0.6) is 5.75 Å². The van der Waals surface area contributed by atoms with E-state index in [0.717, 1.165) is 5.56 Å². The van der Waals surface area contributed by atoms with Crippen molar-refractivity contribution in [1.82, 2.24) is 4.98 Å². The highest BCUT2D eigenvalue weighted by Crippen LogP contribution is 2.29. The van der Waals surface area contributed by atoms with Crippen molar-refractivity contribution in [3.05, 3.63) is 42.2 Å². The number of anilines is 1. The number of amides is 1. The Bertz CT molecular complexity index is 611. The van der Waals surface area contributed by atoms with Gasteiger partial charge in [0.25, 0.3) is 5.91 Å². The number of nitrogens with one attached hydrogen (secondary N) is 1. The second kappa shape index (κ2) is 4.10. The molecule has 0 saturated heterocycles. The van der Waals surface area contributed by atoms with Crippen molar-refractivity contribution in [3.63, 3.8) is 0 Å². The quantitative estimate of drug-likeness (QED) is 0.836.